The molecule has 1 saturated carbocycles. The summed E-state index contributed by atoms with van der Waals surface area (Å²) in [5.41, 5.74) is -0.878. The molecule has 9 heteroatoms. The monoisotopic (exact) mass is 336 g/mol. The molecule has 0 aromatic heterocycles. The molecule has 1 aliphatic rings. The molecule has 2 atom stereocenters. The fourth-order valence-electron chi connectivity index (χ4n) is 2.51. The predicted molar refractivity (Wildman–Crippen MR) is 68.3 cm³/mol. The van der Waals surface area contributed by atoms with Crippen molar-refractivity contribution < 1.29 is 26.7 Å². The second-order valence-electron chi connectivity index (χ2n) is 5.23. The van der Waals surface area contributed by atoms with Crippen molar-refractivity contribution in [3.8, 4) is 0 Å². The zero-order valence-corrected chi connectivity index (χ0v) is 12.2. The molecule has 2 amide bonds. The van der Waals surface area contributed by atoms with Gasteiger partial charge in [-0.25, -0.2) is 4.79 Å². The molecule has 1 rings (SSSR count). The maximum absolute atomic E-state index is 13.7. The third-order valence-corrected chi connectivity index (χ3v) is 3.62. The first-order chi connectivity index (χ1) is 9.55. The number of amides is 2. The Morgan fingerprint density at radius 2 is 1.62 bits per heavy atom. The standard InChI is InChI=1S/C12H18ClF5N2O/c1-7(13)19-10(21)20-9(8-5-3-2-4-6-8)11(14,15)12(16,17)18/h7-9H,2-6H2,1H3,(H2,19,20,21). The van der Waals surface area contributed by atoms with E-state index in [4.69, 9.17) is 11.6 Å². The first-order valence-electron chi connectivity index (χ1n) is 6.71. The van der Waals surface area contributed by atoms with Gasteiger partial charge in [-0.15, -0.1) is 0 Å². The minimum absolute atomic E-state index is 0.229. The van der Waals surface area contributed by atoms with Crippen LogP contribution in [0.5, 0.6) is 0 Å². The third-order valence-electron chi connectivity index (χ3n) is 3.51. The van der Waals surface area contributed by atoms with Crippen molar-refractivity contribution >= 4 is 17.6 Å². The molecular weight excluding hydrogens is 319 g/mol. The van der Waals surface area contributed by atoms with E-state index in [1.54, 1.807) is 5.32 Å². The number of alkyl halides is 6. The lowest BCUT2D eigenvalue weighted by Crippen LogP contribution is -2.60. The van der Waals surface area contributed by atoms with Gasteiger partial charge in [-0.1, -0.05) is 30.9 Å². The fraction of sp³-hybridized carbons (Fsp3) is 0.917. The minimum Gasteiger partial charge on any atom is -0.329 e. The van der Waals surface area contributed by atoms with Gasteiger partial charge < -0.3 is 10.6 Å². The highest BCUT2D eigenvalue weighted by Gasteiger charge is 2.64. The van der Waals surface area contributed by atoms with Gasteiger partial charge in [0.1, 0.15) is 11.5 Å². The van der Waals surface area contributed by atoms with Crippen molar-refractivity contribution in [1.82, 2.24) is 10.6 Å². The Hall–Kier alpha value is -0.790. The van der Waals surface area contributed by atoms with Gasteiger partial charge >= 0.3 is 18.1 Å². The molecule has 0 bridgehead atoms. The maximum Gasteiger partial charge on any atom is 0.455 e. The Morgan fingerprint density at radius 1 is 1.10 bits per heavy atom. The van der Waals surface area contributed by atoms with Crippen LogP contribution in [-0.4, -0.2) is 29.7 Å². The molecule has 0 radical (unpaired) electrons. The van der Waals surface area contributed by atoms with Crippen LogP contribution in [-0.2, 0) is 0 Å². The maximum atomic E-state index is 13.7. The molecule has 1 aliphatic carbocycles. The highest BCUT2D eigenvalue weighted by atomic mass is 35.5. The van der Waals surface area contributed by atoms with E-state index in [2.05, 4.69) is 5.32 Å². The van der Waals surface area contributed by atoms with Gasteiger partial charge in [0, 0.05) is 0 Å². The van der Waals surface area contributed by atoms with Crippen LogP contribution in [0.25, 0.3) is 0 Å². The quantitative estimate of drug-likeness (QED) is 0.454. The van der Waals surface area contributed by atoms with Gasteiger partial charge in [-0.2, -0.15) is 22.0 Å². The molecule has 0 aromatic carbocycles. The number of hydrogen-bond acceptors (Lipinski definition) is 1. The lowest BCUT2D eigenvalue weighted by Gasteiger charge is -2.36. The molecular formula is C12H18ClF5N2O. The number of carbonyl (C=O) groups is 1. The zero-order chi connectivity index (χ0) is 16.3. The highest BCUT2D eigenvalue weighted by Crippen LogP contribution is 2.43. The predicted octanol–water partition coefficient (Wildman–Crippen LogP) is 4.02. The van der Waals surface area contributed by atoms with E-state index in [0.29, 0.717) is 12.8 Å². The van der Waals surface area contributed by atoms with E-state index in [1.165, 1.54) is 6.92 Å². The Kier molecular flexibility index (Phi) is 6.07. The van der Waals surface area contributed by atoms with Crippen LogP contribution in [0.15, 0.2) is 0 Å². The van der Waals surface area contributed by atoms with Crippen molar-refractivity contribution in [3.63, 3.8) is 0 Å². The van der Waals surface area contributed by atoms with Crippen molar-refractivity contribution in [2.24, 2.45) is 5.92 Å². The first-order valence-corrected chi connectivity index (χ1v) is 7.15. The Labute approximate surface area is 124 Å². The molecule has 0 spiro atoms. The second kappa shape index (κ2) is 6.98. The molecule has 3 nitrogen and oxygen atoms in total. The van der Waals surface area contributed by atoms with E-state index >= 15 is 0 Å². The van der Waals surface area contributed by atoms with Crippen LogP contribution in [0.4, 0.5) is 26.7 Å². The second-order valence-corrected chi connectivity index (χ2v) is 5.88. The average molecular weight is 337 g/mol. The minimum atomic E-state index is -5.71. The smallest absolute Gasteiger partial charge is 0.329 e. The van der Waals surface area contributed by atoms with E-state index in [9.17, 15) is 26.7 Å². The number of nitrogens with one attached hydrogen (secondary N) is 2. The number of hydrogen-bond donors (Lipinski definition) is 2. The number of rotatable bonds is 4. The fourth-order valence-corrected chi connectivity index (χ4v) is 2.61. The third kappa shape index (κ3) is 4.86. The number of carbonyl (C=O) groups excluding carboxylic acids is 1. The molecule has 1 fully saturated rings. The summed E-state index contributed by atoms with van der Waals surface area (Å²) in [6, 6.07) is -3.41. The van der Waals surface area contributed by atoms with Crippen molar-refractivity contribution in [2.45, 2.75) is 62.7 Å². The topological polar surface area (TPSA) is 41.1 Å². The number of urea groups is 1. The molecule has 124 valence electrons. The largest absolute Gasteiger partial charge is 0.455 e. The highest BCUT2D eigenvalue weighted by molar-refractivity contribution is 6.20. The zero-order valence-electron chi connectivity index (χ0n) is 11.4. The van der Waals surface area contributed by atoms with Crippen LogP contribution in [0.2, 0.25) is 0 Å². The summed E-state index contributed by atoms with van der Waals surface area (Å²) in [6.07, 6.45) is -3.31. The van der Waals surface area contributed by atoms with Crippen LogP contribution in [0.1, 0.15) is 39.0 Å². The first kappa shape index (κ1) is 18.3. The van der Waals surface area contributed by atoms with Gasteiger partial charge in [-0.05, 0) is 25.7 Å². The summed E-state index contributed by atoms with van der Waals surface area (Å²) in [4.78, 5) is 11.5. The molecule has 2 N–H and O–H groups in total. The van der Waals surface area contributed by atoms with Crippen LogP contribution >= 0.6 is 11.6 Å². The normalized spacial score (nSPS) is 20.7. The van der Waals surface area contributed by atoms with E-state index in [-0.39, 0.29) is 12.8 Å². The van der Waals surface area contributed by atoms with Gasteiger partial charge in [0.15, 0.2) is 0 Å². The van der Waals surface area contributed by atoms with Crippen molar-refractivity contribution in [2.75, 3.05) is 0 Å². The molecule has 0 saturated heterocycles. The summed E-state index contributed by atoms with van der Waals surface area (Å²) in [5.74, 6) is -5.89. The summed E-state index contributed by atoms with van der Waals surface area (Å²) in [6.45, 7) is 1.36. The van der Waals surface area contributed by atoms with Gasteiger partial charge in [0.05, 0.1) is 0 Å². The molecule has 0 aliphatic heterocycles. The molecule has 0 aromatic rings. The Morgan fingerprint density at radius 3 is 2.05 bits per heavy atom. The molecule has 2 unspecified atom stereocenters. The summed E-state index contributed by atoms with van der Waals surface area (Å²) in [7, 11) is 0. The lowest BCUT2D eigenvalue weighted by atomic mass is 9.81. The average Bonchev–Trinajstić information content (AvgIpc) is 2.34. The van der Waals surface area contributed by atoms with Crippen molar-refractivity contribution in [1.29, 1.82) is 0 Å². The van der Waals surface area contributed by atoms with Gasteiger partial charge in [-0.3, -0.25) is 0 Å². The van der Waals surface area contributed by atoms with E-state index in [1.807, 2.05) is 0 Å². The van der Waals surface area contributed by atoms with Gasteiger partial charge in [0.2, 0.25) is 0 Å². The SMILES string of the molecule is CC(Cl)NC(=O)NC(C1CCCCC1)C(F)(F)C(F)(F)F. The lowest BCUT2D eigenvalue weighted by molar-refractivity contribution is -0.297. The van der Waals surface area contributed by atoms with Crippen molar-refractivity contribution in [3.05, 3.63) is 0 Å². The number of halogens is 6. The Bertz CT molecular complexity index is 356. The van der Waals surface area contributed by atoms with Gasteiger partial charge in [0.25, 0.3) is 0 Å². The Balaban J connectivity index is 2.91. The summed E-state index contributed by atoms with van der Waals surface area (Å²) < 4.78 is 65.2. The summed E-state index contributed by atoms with van der Waals surface area (Å²) >= 11 is 5.46. The van der Waals surface area contributed by atoms with Crippen LogP contribution in [0, 0.1) is 5.92 Å². The summed E-state index contributed by atoms with van der Waals surface area (Å²) in [5, 5.41) is 3.81. The van der Waals surface area contributed by atoms with Crippen LogP contribution < -0.4 is 10.6 Å². The molecule has 21 heavy (non-hydrogen) atoms. The van der Waals surface area contributed by atoms with Crippen LogP contribution in [0.3, 0.4) is 0 Å². The van der Waals surface area contributed by atoms with E-state index < -0.39 is 35.6 Å². The molecule has 0 heterocycles. The van der Waals surface area contributed by atoms with E-state index in [0.717, 1.165) is 6.42 Å².